The van der Waals surface area contributed by atoms with Gasteiger partial charge in [0, 0.05) is 0 Å². The molecule has 0 saturated carbocycles. The third-order valence-corrected chi connectivity index (χ3v) is 6.15. The number of hydrogen-bond donors (Lipinski definition) is 0. The molecule has 0 saturated heterocycles. The molecule has 0 aromatic rings. The van der Waals surface area contributed by atoms with E-state index in [1.54, 1.807) is 12.2 Å². The van der Waals surface area contributed by atoms with E-state index in [0.29, 0.717) is 25.9 Å². The number of nitrogens with zero attached hydrogens (tertiary/aromatic N) is 4. The minimum absolute atomic E-state index is 0.252. The Kier molecular flexibility index (Phi) is 18.2. The first-order valence-electron chi connectivity index (χ1n) is 8.31. The predicted octanol–water partition coefficient (Wildman–Crippen LogP) is 3.48. The lowest BCUT2D eigenvalue weighted by atomic mass is 10.2. The van der Waals surface area contributed by atoms with Crippen LogP contribution in [0.3, 0.4) is 0 Å². The normalized spacial score (nSPS) is 11.8. The minimum atomic E-state index is -0.252. The van der Waals surface area contributed by atoms with Gasteiger partial charge in [0.05, 0.1) is 13.1 Å². The van der Waals surface area contributed by atoms with Crippen LogP contribution in [0.4, 0.5) is 0 Å². The molecule has 0 aromatic heterocycles. The van der Waals surface area contributed by atoms with Crippen LogP contribution in [0.15, 0.2) is 20.0 Å². The molecule has 0 aliphatic rings. The van der Waals surface area contributed by atoms with Gasteiger partial charge in [-0.05, 0) is 25.7 Å². The number of carbonyl (C=O) groups excluding carboxylic acids is 4. The van der Waals surface area contributed by atoms with Crippen LogP contribution in [0.25, 0.3) is 0 Å². The number of aliphatic imine (C=N–C) groups is 4. The smallest absolute Gasteiger partial charge is 0.211 e. The second-order valence-corrected chi connectivity index (χ2v) is 7.82. The molecule has 2 atom stereocenters. The quantitative estimate of drug-likeness (QED) is 0.160. The molecule has 0 aromatic carbocycles. The lowest BCUT2D eigenvalue weighted by Gasteiger charge is -2.13. The Hall–Kier alpha value is -1.78. The Morgan fingerprint density at radius 1 is 0.577 bits per heavy atom. The summed E-state index contributed by atoms with van der Waals surface area (Å²) in [5.74, 6) is 0. The van der Waals surface area contributed by atoms with Gasteiger partial charge in [0.25, 0.3) is 0 Å². The highest BCUT2D eigenvalue weighted by atomic mass is 33.1. The Labute approximate surface area is 160 Å². The van der Waals surface area contributed by atoms with Crippen LogP contribution in [0.2, 0.25) is 0 Å². The molecule has 0 aliphatic heterocycles. The van der Waals surface area contributed by atoms with E-state index in [9.17, 15) is 19.2 Å². The van der Waals surface area contributed by atoms with Gasteiger partial charge in [-0.1, -0.05) is 47.3 Å². The number of unbranched alkanes of at least 4 members (excludes halogenated alkanes) is 4. The van der Waals surface area contributed by atoms with Gasteiger partial charge in [-0.25, -0.2) is 29.2 Å². The fourth-order valence-corrected chi connectivity index (χ4v) is 4.54. The molecular weight excluding hydrogens is 376 g/mol. The number of isocyanates is 4. The van der Waals surface area contributed by atoms with E-state index in [0.717, 1.165) is 38.5 Å². The van der Waals surface area contributed by atoms with E-state index >= 15 is 0 Å². The molecular formula is C16H22N4O4S2. The SMILES string of the molecule is O=C=NCCCCCC(N=C=O)SSC(CCCCCN=C=O)N=C=O. The summed E-state index contributed by atoms with van der Waals surface area (Å²) < 4.78 is 0. The van der Waals surface area contributed by atoms with Crippen molar-refractivity contribution >= 4 is 45.9 Å². The maximum absolute atomic E-state index is 10.6. The maximum Gasteiger partial charge on any atom is 0.236 e. The number of rotatable bonds is 17. The maximum atomic E-state index is 10.6. The van der Waals surface area contributed by atoms with E-state index in [4.69, 9.17) is 0 Å². The standard InChI is InChI=1S/C16H22N4O4S2/c21-11-17-9-5-1-3-7-15(19-13-23)25-26-16(20-14-24)8-4-2-6-10-18-12-22/h15-16H,1-10H2. The summed E-state index contributed by atoms with van der Waals surface area (Å²) >= 11 is 0. The lowest BCUT2D eigenvalue weighted by Crippen LogP contribution is -2.02. The second-order valence-electron chi connectivity index (χ2n) is 5.19. The van der Waals surface area contributed by atoms with Crippen LogP contribution >= 0.6 is 21.6 Å². The molecule has 0 aliphatic carbocycles. The van der Waals surface area contributed by atoms with Gasteiger partial charge in [0.15, 0.2) is 0 Å². The Bertz CT molecular complexity index is 515. The largest absolute Gasteiger partial charge is 0.236 e. The summed E-state index contributed by atoms with van der Waals surface area (Å²) in [5.41, 5.74) is 0. The fourth-order valence-electron chi connectivity index (χ4n) is 1.98. The van der Waals surface area contributed by atoms with Gasteiger partial charge in [0.2, 0.25) is 24.3 Å². The van der Waals surface area contributed by atoms with E-state index in [1.165, 1.54) is 33.7 Å². The molecule has 0 radical (unpaired) electrons. The molecule has 10 heteroatoms. The van der Waals surface area contributed by atoms with E-state index in [2.05, 4.69) is 20.0 Å². The fraction of sp³-hybridized carbons (Fsp3) is 0.750. The van der Waals surface area contributed by atoms with Crippen molar-refractivity contribution in [3.8, 4) is 0 Å². The van der Waals surface area contributed by atoms with Crippen molar-refractivity contribution in [1.29, 1.82) is 0 Å². The first kappa shape index (κ1) is 24.2. The second kappa shape index (κ2) is 19.5. The van der Waals surface area contributed by atoms with Gasteiger partial charge in [-0.3, -0.25) is 0 Å². The first-order valence-corrected chi connectivity index (χ1v) is 10.6. The van der Waals surface area contributed by atoms with Gasteiger partial charge < -0.3 is 0 Å². The van der Waals surface area contributed by atoms with Crippen molar-refractivity contribution in [3.05, 3.63) is 0 Å². The van der Waals surface area contributed by atoms with Crippen LogP contribution in [0, 0.1) is 0 Å². The monoisotopic (exact) mass is 398 g/mol. The van der Waals surface area contributed by atoms with Gasteiger partial charge in [0.1, 0.15) is 10.7 Å². The summed E-state index contributed by atoms with van der Waals surface area (Å²) in [6.07, 6.45) is 12.6. The third kappa shape index (κ3) is 15.7. The topological polar surface area (TPSA) is 118 Å². The number of hydrogen-bond acceptors (Lipinski definition) is 10. The molecule has 0 N–H and O–H groups in total. The van der Waals surface area contributed by atoms with Crippen molar-refractivity contribution in [3.63, 3.8) is 0 Å². The van der Waals surface area contributed by atoms with E-state index in [-0.39, 0.29) is 10.7 Å². The van der Waals surface area contributed by atoms with Crippen molar-refractivity contribution in [2.24, 2.45) is 20.0 Å². The predicted molar refractivity (Wildman–Crippen MR) is 102 cm³/mol. The Morgan fingerprint density at radius 3 is 1.35 bits per heavy atom. The van der Waals surface area contributed by atoms with Crippen LogP contribution < -0.4 is 0 Å². The van der Waals surface area contributed by atoms with Gasteiger partial charge in [-0.2, -0.15) is 9.98 Å². The zero-order valence-electron chi connectivity index (χ0n) is 14.5. The van der Waals surface area contributed by atoms with Gasteiger partial charge in [-0.15, -0.1) is 0 Å². The zero-order chi connectivity index (χ0) is 19.3. The summed E-state index contributed by atoms with van der Waals surface area (Å²) in [6, 6.07) is 0. The molecule has 0 fully saturated rings. The molecule has 8 nitrogen and oxygen atoms in total. The van der Waals surface area contributed by atoms with E-state index in [1.807, 2.05) is 0 Å². The highest BCUT2D eigenvalue weighted by Gasteiger charge is 2.14. The highest BCUT2D eigenvalue weighted by Crippen LogP contribution is 2.36. The first-order chi connectivity index (χ1) is 12.8. The third-order valence-electron chi connectivity index (χ3n) is 3.24. The average Bonchev–Trinajstić information content (AvgIpc) is 2.64. The summed E-state index contributed by atoms with van der Waals surface area (Å²) in [5, 5.41) is -0.503. The zero-order valence-corrected chi connectivity index (χ0v) is 16.1. The van der Waals surface area contributed by atoms with E-state index < -0.39 is 0 Å². The van der Waals surface area contributed by atoms with Crippen molar-refractivity contribution < 1.29 is 19.2 Å². The Balaban J connectivity index is 4.15. The van der Waals surface area contributed by atoms with Crippen LogP contribution in [-0.4, -0.2) is 48.2 Å². The molecule has 0 bridgehead atoms. The summed E-state index contributed by atoms with van der Waals surface area (Å²) in [6.45, 7) is 0.919. The minimum Gasteiger partial charge on any atom is -0.211 e. The molecule has 0 amide bonds. The molecule has 0 rings (SSSR count). The lowest BCUT2D eigenvalue weighted by molar-refractivity contribution is 0.556. The van der Waals surface area contributed by atoms with Gasteiger partial charge >= 0.3 is 0 Å². The molecule has 0 spiro atoms. The summed E-state index contributed by atoms with van der Waals surface area (Å²) in [7, 11) is 2.79. The summed E-state index contributed by atoms with van der Waals surface area (Å²) in [4.78, 5) is 55.6. The Morgan fingerprint density at radius 2 is 1.00 bits per heavy atom. The van der Waals surface area contributed by atoms with Crippen molar-refractivity contribution in [1.82, 2.24) is 0 Å². The van der Waals surface area contributed by atoms with Crippen LogP contribution in [0.1, 0.15) is 51.4 Å². The molecule has 26 heavy (non-hydrogen) atoms. The molecule has 2 unspecified atom stereocenters. The van der Waals surface area contributed by atoms with Crippen LogP contribution in [0.5, 0.6) is 0 Å². The molecule has 0 heterocycles. The highest BCUT2D eigenvalue weighted by molar-refractivity contribution is 8.77. The van der Waals surface area contributed by atoms with Crippen LogP contribution in [-0.2, 0) is 19.2 Å². The van der Waals surface area contributed by atoms with Crippen molar-refractivity contribution in [2.45, 2.75) is 62.1 Å². The van der Waals surface area contributed by atoms with Crippen molar-refractivity contribution in [2.75, 3.05) is 13.1 Å². The average molecular weight is 399 g/mol. The molecule has 142 valence electrons.